The van der Waals surface area contributed by atoms with E-state index in [-0.39, 0.29) is 11.9 Å². The fourth-order valence-corrected chi connectivity index (χ4v) is 4.09. The number of rotatable bonds is 7. The molecule has 1 fully saturated rings. The third kappa shape index (κ3) is 4.78. The van der Waals surface area contributed by atoms with Gasteiger partial charge < -0.3 is 24.6 Å². The highest BCUT2D eigenvalue weighted by molar-refractivity contribution is 6.07. The van der Waals surface area contributed by atoms with Crippen molar-refractivity contribution in [1.82, 2.24) is 10.3 Å². The second-order valence-electron chi connectivity index (χ2n) is 8.05. The number of hydrogen-bond acceptors (Lipinski definition) is 6. The minimum Gasteiger partial charge on any atom is -0.497 e. The molecule has 0 saturated carbocycles. The van der Waals surface area contributed by atoms with Gasteiger partial charge in [-0.2, -0.15) is 0 Å². The Bertz CT molecular complexity index is 1060. The van der Waals surface area contributed by atoms with Crippen LogP contribution in [0.25, 0.3) is 10.9 Å². The number of piperazine rings is 1. The highest BCUT2D eigenvalue weighted by atomic mass is 16.5. The van der Waals surface area contributed by atoms with E-state index in [0.29, 0.717) is 12.2 Å². The first kappa shape index (κ1) is 21.9. The van der Waals surface area contributed by atoms with Crippen LogP contribution in [-0.2, 0) is 4.74 Å². The zero-order chi connectivity index (χ0) is 22.5. The molecule has 1 amide bonds. The molecule has 1 atom stereocenters. The molecular formula is C25H30N4O3. The standard InChI is InChI=1S/C25H30N4O3/c1-18(17-31-2)26-25(30)22-16-24(27-23-7-5-4-6-21(22)23)29-14-12-28(13-15-29)19-8-10-20(32-3)11-9-19/h4-11,16,18H,12-15,17H2,1-3H3,(H,26,30)/t18-/m0/s1. The molecule has 0 spiro atoms. The van der Waals surface area contributed by atoms with Gasteiger partial charge in [0.05, 0.1) is 24.8 Å². The lowest BCUT2D eigenvalue weighted by atomic mass is 10.1. The van der Waals surface area contributed by atoms with Gasteiger partial charge in [-0.05, 0) is 43.3 Å². The number of nitrogens with one attached hydrogen (secondary N) is 1. The fraction of sp³-hybridized carbons (Fsp3) is 0.360. The molecule has 7 heteroatoms. The summed E-state index contributed by atoms with van der Waals surface area (Å²) in [4.78, 5) is 22.5. The summed E-state index contributed by atoms with van der Waals surface area (Å²) in [5.41, 5.74) is 2.65. The molecule has 2 aromatic carbocycles. The lowest BCUT2D eigenvalue weighted by molar-refractivity contribution is 0.0907. The van der Waals surface area contributed by atoms with Crippen LogP contribution in [-0.4, -0.2) is 63.9 Å². The van der Waals surface area contributed by atoms with Crippen molar-refractivity contribution >= 4 is 28.3 Å². The fourth-order valence-electron chi connectivity index (χ4n) is 4.09. The average Bonchev–Trinajstić information content (AvgIpc) is 2.83. The number of fused-ring (bicyclic) bond motifs is 1. The Morgan fingerprint density at radius 1 is 1.03 bits per heavy atom. The maximum absolute atomic E-state index is 13.0. The van der Waals surface area contributed by atoms with Crippen molar-refractivity contribution in [2.24, 2.45) is 0 Å². The molecule has 1 N–H and O–H groups in total. The molecule has 0 bridgehead atoms. The topological polar surface area (TPSA) is 66.9 Å². The summed E-state index contributed by atoms with van der Waals surface area (Å²) in [6.07, 6.45) is 0. The maximum Gasteiger partial charge on any atom is 0.252 e. The molecule has 1 saturated heterocycles. The number of anilines is 2. The van der Waals surface area contributed by atoms with E-state index in [2.05, 4.69) is 27.2 Å². The second kappa shape index (κ2) is 9.87. The Kier molecular flexibility index (Phi) is 6.75. The molecule has 0 aliphatic carbocycles. The van der Waals surface area contributed by atoms with Gasteiger partial charge in [0.25, 0.3) is 5.91 Å². The third-order valence-electron chi connectivity index (χ3n) is 5.78. The van der Waals surface area contributed by atoms with Crippen molar-refractivity contribution in [3.8, 4) is 5.75 Å². The number of amides is 1. The van der Waals surface area contributed by atoms with Gasteiger partial charge in [0, 0.05) is 50.4 Å². The maximum atomic E-state index is 13.0. The second-order valence-corrected chi connectivity index (χ2v) is 8.05. The van der Waals surface area contributed by atoms with E-state index in [1.807, 2.05) is 49.4 Å². The molecule has 1 aromatic heterocycles. The third-order valence-corrected chi connectivity index (χ3v) is 5.78. The average molecular weight is 435 g/mol. The molecule has 0 unspecified atom stereocenters. The highest BCUT2D eigenvalue weighted by Crippen LogP contribution is 2.26. The van der Waals surface area contributed by atoms with Gasteiger partial charge >= 0.3 is 0 Å². The van der Waals surface area contributed by atoms with E-state index in [4.69, 9.17) is 14.5 Å². The SMILES string of the molecule is COC[C@H](C)NC(=O)c1cc(N2CCN(c3ccc(OC)cc3)CC2)nc2ccccc12. The quantitative estimate of drug-likeness (QED) is 0.615. The molecule has 4 rings (SSSR count). The van der Waals surface area contributed by atoms with Crippen LogP contribution >= 0.6 is 0 Å². The number of pyridine rings is 1. The van der Waals surface area contributed by atoms with Crippen molar-refractivity contribution in [3.05, 3.63) is 60.2 Å². The van der Waals surface area contributed by atoms with Gasteiger partial charge in [-0.15, -0.1) is 0 Å². The van der Waals surface area contributed by atoms with Crippen LogP contribution in [0.4, 0.5) is 11.5 Å². The van der Waals surface area contributed by atoms with E-state index in [9.17, 15) is 4.79 Å². The first-order valence-corrected chi connectivity index (χ1v) is 10.9. The number of methoxy groups -OCH3 is 2. The predicted octanol–water partition coefficient (Wildman–Crippen LogP) is 3.33. The number of hydrogen-bond donors (Lipinski definition) is 1. The Balaban J connectivity index is 1.53. The Hall–Kier alpha value is -3.32. The van der Waals surface area contributed by atoms with Crippen LogP contribution in [0.1, 0.15) is 17.3 Å². The van der Waals surface area contributed by atoms with Crippen molar-refractivity contribution in [1.29, 1.82) is 0 Å². The first-order chi connectivity index (χ1) is 15.6. The first-order valence-electron chi connectivity index (χ1n) is 10.9. The van der Waals surface area contributed by atoms with E-state index < -0.39 is 0 Å². The highest BCUT2D eigenvalue weighted by Gasteiger charge is 2.21. The van der Waals surface area contributed by atoms with Gasteiger partial charge in [0.15, 0.2) is 0 Å². The number of para-hydroxylation sites is 1. The summed E-state index contributed by atoms with van der Waals surface area (Å²) >= 11 is 0. The van der Waals surface area contributed by atoms with E-state index in [1.165, 1.54) is 5.69 Å². The van der Waals surface area contributed by atoms with Crippen molar-refractivity contribution in [2.45, 2.75) is 13.0 Å². The van der Waals surface area contributed by atoms with Crippen LogP contribution in [0.15, 0.2) is 54.6 Å². The summed E-state index contributed by atoms with van der Waals surface area (Å²) in [6, 6.07) is 17.8. The summed E-state index contributed by atoms with van der Waals surface area (Å²) in [7, 11) is 3.31. The Morgan fingerprint density at radius 2 is 1.72 bits per heavy atom. The number of carbonyl (C=O) groups is 1. The van der Waals surface area contributed by atoms with Crippen molar-refractivity contribution in [2.75, 3.05) is 56.8 Å². The zero-order valence-electron chi connectivity index (χ0n) is 18.9. The van der Waals surface area contributed by atoms with Crippen LogP contribution < -0.4 is 19.9 Å². The number of aromatic nitrogens is 1. The molecule has 1 aliphatic heterocycles. The molecule has 3 aromatic rings. The van der Waals surface area contributed by atoms with E-state index >= 15 is 0 Å². The van der Waals surface area contributed by atoms with Crippen LogP contribution in [0.5, 0.6) is 5.75 Å². The molecule has 168 valence electrons. The molecular weight excluding hydrogens is 404 g/mol. The Labute approximate surface area is 188 Å². The minimum absolute atomic E-state index is 0.0732. The lowest BCUT2D eigenvalue weighted by Gasteiger charge is -2.37. The van der Waals surface area contributed by atoms with E-state index in [1.54, 1.807) is 14.2 Å². The number of ether oxygens (including phenoxy) is 2. The molecule has 2 heterocycles. The summed E-state index contributed by atoms with van der Waals surface area (Å²) in [5.74, 6) is 1.59. The lowest BCUT2D eigenvalue weighted by Crippen LogP contribution is -2.47. The zero-order valence-corrected chi connectivity index (χ0v) is 18.9. The van der Waals surface area contributed by atoms with Crippen molar-refractivity contribution < 1.29 is 14.3 Å². The molecule has 7 nitrogen and oxygen atoms in total. The monoisotopic (exact) mass is 434 g/mol. The predicted molar refractivity (Wildman–Crippen MR) is 128 cm³/mol. The molecule has 0 radical (unpaired) electrons. The van der Waals surface area contributed by atoms with Gasteiger partial charge in [0.2, 0.25) is 0 Å². The minimum atomic E-state index is -0.105. The van der Waals surface area contributed by atoms with Gasteiger partial charge in [-0.25, -0.2) is 4.98 Å². The van der Waals surface area contributed by atoms with Crippen LogP contribution in [0.3, 0.4) is 0 Å². The molecule has 1 aliphatic rings. The van der Waals surface area contributed by atoms with Crippen LogP contribution in [0, 0.1) is 0 Å². The summed E-state index contributed by atoms with van der Waals surface area (Å²) in [6.45, 7) is 5.83. The molecule has 32 heavy (non-hydrogen) atoms. The van der Waals surface area contributed by atoms with E-state index in [0.717, 1.165) is 48.6 Å². The van der Waals surface area contributed by atoms with Crippen molar-refractivity contribution in [3.63, 3.8) is 0 Å². The van der Waals surface area contributed by atoms with Gasteiger partial charge in [-0.3, -0.25) is 4.79 Å². The van der Waals surface area contributed by atoms with Crippen LogP contribution in [0.2, 0.25) is 0 Å². The number of carbonyl (C=O) groups excluding carboxylic acids is 1. The Morgan fingerprint density at radius 3 is 2.41 bits per heavy atom. The van der Waals surface area contributed by atoms with Gasteiger partial charge in [0.1, 0.15) is 11.6 Å². The van der Waals surface area contributed by atoms with Gasteiger partial charge in [-0.1, -0.05) is 18.2 Å². The summed E-state index contributed by atoms with van der Waals surface area (Å²) in [5, 5.41) is 3.89. The smallest absolute Gasteiger partial charge is 0.252 e. The number of nitrogens with zero attached hydrogens (tertiary/aromatic N) is 3. The largest absolute Gasteiger partial charge is 0.497 e. The normalized spacial score (nSPS) is 15.0. The summed E-state index contributed by atoms with van der Waals surface area (Å²) < 4.78 is 10.4. The number of benzene rings is 2.